The number of carbonyl (C=O) groups excluding carboxylic acids is 2. The summed E-state index contributed by atoms with van der Waals surface area (Å²) in [5.41, 5.74) is 0.701. The van der Waals surface area contributed by atoms with E-state index in [4.69, 9.17) is 0 Å². The van der Waals surface area contributed by atoms with Gasteiger partial charge in [-0.15, -0.1) is 0 Å². The van der Waals surface area contributed by atoms with Crippen LogP contribution in [0.2, 0.25) is 0 Å². The van der Waals surface area contributed by atoms with Crippen molar-refractivity contribution in [2.24, 2.45) is 5.92 Å². The molecule has 2 fully saturated rings. The van der Waals surface area contributed by atoms with Gasteiger partial charge in [0.2, 0.25) is 11.8 Å². The maximum Gasteiger partial charge on any atom is 0.245 e. The Bertz CT molecular complexity index is 660. The van der Waals surface area contributed by atoms with Crippen molar-refractivity contribution in [3.8, 4) is 0 Å². The molecule has 0 saturated carbocycles. The standard InChI is InChI=1S/C21H28N2O3/c1-2-19(25)22-12-6-8-17(14-22)20(26)23-13-7-11-21(15-23,16-24)18-9-4-3-5-10-18/h2-5,9-10,17,24H,1,6-8,11-16H2. The van der Waals surface area contributed by atoms with E-state index in [2.05, 4.69) is 6.58 Å². The molecule has 0 aromatic heterocycles. The molecule has 5 nitrogen and oxygen atoms in total. The first-order valence-electron chi connectivity index (χ1n) is 9.46. The van der Waals surface area contributed by atoms with E-state index in [-0.39, 0.29) is 29.8 Å². The van der Waals surface area contributed by atoms with Gasteiger partial charge in [0, 0.05) is 31.6 Å². The number of aliphatic hydroxyl groups excluding tert-OH is 1. The van der Waals surface area contributed by atoms with Gasteiger partial charge in [0.25, 0.3) is 0 Å². The predicted octanol–water partition coefficient (Wildman–Crippen LogP) is 1.96. The van der Waals surface area contributed by atoms with E-state index in [1.807, 2.05) is 35.2 Å². The summed E-state index contributed by atoms with van der Waals surface area (Å²) in [4.78, 5) is 28.6. The summed E-state index contributed by atoms with van der Waals surface area (Å²) in [5.74, 6) is -0.145. The highest BCUT2D eigenvalue weighted by molar-refractivity contribution is 5.88. The Hall–Kier alpha value is -2.14. The molecule has 1 N–H and O–H groups in total. The van der Waals surface area contributed by atoms with Gasteiger partial charge in [-0.3, -0.25) is 9.59 Å². The van der Waals surface area contributed by atoms with Crippen molar-refractivity contribution in [3.63, 3.8) is 0 Å². The first kappa shape index (κ1) is 18.6. The van der Waals surface area contributed by atoms with Gasteiger partial charge in [0.05, 0.1) is 12.5 Å². The second kappa shape index (κ2) is 8.04. The summed E-state index contributed by atoms with van der Waals surface area (Å²) < 4.78 is 0. The number of aliphatic hydroxyl groups is 1. The topological polar surface area (TPSA) is 60.9 Å². The van der Waals surface area contributed by atoms with Crippen molar-refractivity contribution in [1.82, 2.24) is 9.80 Å². The lowest BCUT2D eigenvalue weighted by atomic mass is 9.74. The summed E-state index contributed by atoms with van der Waals surface area (Å²) in [5, 5.41) is 10.1. The lowest BCUT2D eigenvalue weighted by Crippen LogP contribution is -2.54. The highest BCUT2D eigenvalue weighted by atomic mass is 16.3. The number of hydrogen-bond donors (Lipinski definition) is 1. The van der Waals surface area contributed by atoms with E-state index in [0.29, 0.717) is 19.6 Å². The van der Waals surface area contributed by atoms with E-state index >= 15 is 0 Å². The van der Waals surface area contributed by atoms with Gasteiger partial charge in [0.15, 0.2) is 0 Å². The number of rotatable bonds is 4. The van der Waals surface area contributed by atoms with Crippen LogP contribution in [0.4, 0.5) is 0 Å². The van der Waals surface area contributed by atoms with Crippen LogP contribution in [0.5, 0.6) is 0 Å². The highest BCUT2D eigenvalue weighted by Crippen LogP contribution is 2.35. The zero-order chi connectivity index (χ0) is 18.6. The molecule has 2 aliphatic rings. The van der Waals surface area contributed by atoms with Gasteiger partial charge in [-0.25, -0.2) is 0 Å². The van der Waals surface area contributed by atoms with Crippen molar-refractivity contribution in [1.29, 1.82) is 0 Å². The molecule has 1 aromatic carbocycles. The fraction of sp³-hybridized carbons (Fsp3) is 0.524. The van der Waals surface area contributed by atoms with Gasteiger partial charge in [-0.2, -0.15) is 0 Å². The molecule has 0 spiro atoms. The Morgan fingerprint density at radius 2 is 1.92 bits per heavy atom. The molecule has 0 aliphatic carbocycles. The fourth-order valence-corrected chi connectivity index (χ4v) is 4.33. The first-order valence-corrected chi connectivity index (χ1v) is 9.46. The fourth-order valence-electron chi connectivity index (χ4n) is 4.33. The molecule has 2 atom stereocenters. The molecular formula is C21H28N2O3. The number of likely N-dealkylation sites (tertiary alicyclic amines) is 2. The van der Waals surface area contributed by atoms with Crippen LogP contribution in [0, 0.1) is 5.92 Å². The predicted molar refractivity (Wildman–Crippen MR) is 101 cm³/mol. The smallest absolute Gasteiger partial charge is 0.245 e. The van der Waals surface area contributed by atoms with Crippen molar-refractivity contribution >= 4 is 11.8 Å². The molecule has 2 heterocycles. The van der Waals surface area contributed by atoms with E-state index in [1.165, 1.54) is 6.08 Å². The molecule has 3 rings (SSSR count). The summed E-state index contributed by atoms with van der Waals surface area (Å²) in [7, 11) is 0. The van der Waals surface area contributed by atoms with Crippen LogP contribution in [0.3, 0.4) is 0 Å². The third kappa shape index (κ3) is 3.68. The third-order valence-corrected chi connectivity index (χ3v) is 5.83. The molecule has 0 bridgehead atoms. The SMILES string of the molecule is C=CC(=O)N1CCCC(C(=O)N2CCCC(CO)(c3ccccc3)C2)C1. The number of amides is 2. The molecule has 0 radical (unpaired) electrons. The zero-order valence-corrected chi connectivity index (χ0v) is 15.3. The normalized spacial score (nSPS) is 26.4. The summed E-state index contributed by atoms with van der Waals surface area (Å²) in [6.07, 6.45) is 4.73. The Labute approximate surface area is 155 Å². The Morgan fingerprint density at radius 1 is 1.19 bits per heavy atom. The van der Waals surface area contributed by atoms with Crippen LogP contribution in [0.1, 0.15) is 31.2 Å². The number of benzene rings is 1. The number of hydrogen-bond acceptors (Lipinski definition) is 3. The van der Waals surface area contributed by atoms with Crippen LogP contribution >= 0.6 is 0 Å². The van der Waals surface area contributed by atoms with Crippen LogP contribution in [-0.4, -0.2) is 59.5 Å². The average Bonchev–Trinajstić information content (AvgIpc) is 2.73. The molecule has 140 valence electrons. The van der Waals surface area contributed by atoms with E-state index in [1.54, 1.807) is 4.90 Å². The Morgan fingerprint density at radius 3 is 2.62 bits per heavy atom. The van der Waals surface area contributed by atoms with E-state index in [0.717, 1.165) is 37.8 Å². The average molecular weight is 356 g/mol. The maximum absolute atomic E-state index is 13.1. The number of nitrogens with zero attached hydrogens (tertiary/aromatic N) is 2. The largest absolute Gasteiger partial charge is 0.395 e. The lowest BCUT2D eigenvalue weighted by molar-refractivity contribution is -0.141. The van der Waals surface area contributed by atoms with Crippen LogP contribution < -0.4 is 0 Å². The number of carbonyl (C=O) groups is 2. The van der Waals surface area contributed by atoms with Crippen molar-refractivity contribution in [3.05, 3.63) is 48.6 Å². The quantitative estimate of drug-likeness (QED) is 0.839. The van der Waals surface area contributed by atoms with Crippen molar-refractivity contribution < 1.29 is 14.7 Å². The van der Waals surface area contributed by atoms with Gasteiger partial charge in [-0.1, -0.05) is 36.9 Å². The zero-order valence-electron chi connectivity index (χ0n) is 15.3. The minimum Gasteiger partial charge on any atom is -0.395 e. The minimum atomic E-state index is -0.388. The van der Waals surface area contributed by atoms with Gasteiger partial charge in [0.1, 0.15) is 0 Å². The molecule has 2 unspecified atom stereocenters. The van der Waals surface area contributed by atoms with Gasteiger partial charge in [-0.05, 0) is 37.3 Å². The van der Waals surface area contributed by atoms with Gasteiger partial charge >= 0.3 is 0 Å². The first-order chi connectivity index (χ1) is 12.6. The van der Waals surface area contributed by atoms with Crippen LogP contribution in [-0.2, 0) is 15.0 Å². The van der Waals surface area contributed by atoms with Crippen molar-refractivity contribution in [2.75, 3.05) is 32.8 Å². The number of piperidine rings is 2. The van der Waals surface area contributed by atoms with Crippen LogP contribution in [0.15, 0.2) is 43.0 Å². The maximum atomic E-state index is 13.1. The van der Waals surface area contributed by atoms with Crippen molar-refractivity contribution in [2.45, 2.75) is 31.1 Å². The second-order valence-corrected chi connectivity index (χ2v) is 7.50. The minimum absolute atomic E-state index is 0.0343. The molecule has 26 heavy (non-hydrogen) atoms. The Balaban J connectivity index is 1.73. The molecule has 5 heteroatoms. The highest BCUT2D eigenvalue weighted by Gasteiger charge is 2.40. The van der Waals surface area contributed by atoms with Gasteiger partial charge < -0.3 is 14.9 Å². The van der Waals surface area contributed by atoms with Crippen LogP contribution in [0.25, 0.3) is 0 Å². The molecule has 2 saturated heterocycles. The molecular weight excluding hydrogens is 328 g/mol. The monoisotopic (exact) mass is 356 g/mol. The van der Waals surface area contributed by atoms with E-state index in [9.17, 15) is 14.7 Å². The molecule has 2 amide bonds. The lowest BCUT2D eigenvalue weighted by Gasteiger charge is -2.44. The third-order valence-electron chi connectivity index (χ3n) is 5.83. The molecule has 1 aromatic rings. The molecule has 2 aliphatic heterocycles. The summed E-state index contributed by atoms with van der Waals surface area (Å²) >= 11 is 0. The Kier molecular flexibility index (Phi) is 5.77. The van der Waals surface area contributed by atoms with E-state index < -0.39 is 0 Å². The summed E-state index contributed by atoms with van der Waals surface area (Å²) in [6, 6.07) is 10.00. The summed E-state index contributed by atoms with van der Waals surface area (Å²) in [6.45, 7) is 6.00. The second-order valence-electron chi connectivity index (χ2n) is 7.50.